The fraction of sp³-hybridized carbons (Fsp3) is 0.312. The zero-order valence-corrected chi connectivity index (χ0v) is 13.3. The summed E-state index contributed by atoms with van der Waals surface area (Å²) in [6.45, 7) is 0. The van der Waals surface area contributed by atoms with Gasteiger partial charge in [-0.05, 0) is 36.5 Å². The SMILES string of the molecule is CNc1nc(NC2CCCc3ccccc32)c(Cl)cc1Cl. The van der Waals surface area contributed by atoms with Gasteiger partial charge in [-0.2, -0.15) is 0 Å². The zero-order chi connectivity index (χ0) is 14.8. The first-order valence-corrected chi connectivity index (χ1v) is 7.82. The molecule has 0 fully saturated rings. The highest BCUT2D eigenvalue weighted by Gasteiger charge is 2.21. The van der Waals surface area contributed by atoms with Crippen LogP contribution in [0.5, 0.6) is 0 Å². The lowest BCUT2D eigenvalue weighted by atomic mass is 9.88. The number of fused-ring (bicyclic) bond motifs is 1. The molecular formula is C16H17Cl2N3. The first-order chi connectivity index (χ1) is 10.2. The van der Waals surface area contributed by atoms with E-state index in [1.165, 1.54) is 17.5 Å². The Morgan fingerprint density at radius 2 is 1.90 bits per heavy atom. The van der Waals surface area contributed by atoms with Gasteiger partial charge in [0.1, 0.15) is 11.6 Å². The van der Waals surface area contributed by atoms with Gasteiger partial charge in [-0.1, -0.05) is 47.5 Å². The van der Waals surface area contributed by atoms with Crippen molar-refractivity contribution in [3.8, 4) is 0 Å². The second-order valence-electron chi connectivity index (χ2n) is 5.19. The maximum atomic E-state index is 6.27. The third-order valence-corrected chi connectivity index (χ3v) is 4.42. The molecule has 1 unspecified atom stereocenters. The highest BCUT2D eigenvalue weighted by molar-refractivity contribution is 6.37. The van der Waals surface area contributed by atoms with Crippen molar-refractivity contribution >= 4 is 34.8 Å². The second kappa shape index (κ2) is 6.12. The highest BCUT2D eigenvalue weighted by Crippen LogP contribution is 2.35. The molecule has 1 aromatic heterocycles. The quantitative estimate of drug-likeness (QED) is 0.842. The monoisotopic (exact) mass is 321 g/mol. The van der Waals surface area contributed by atoms with Crippen LogP contribution in [0.3, 0.4) is 0 Å². The van der Waals surface area contributed by atoms with Gasteiger partial charge < -0.3 is 10.6 Å². The fourth-order valence-corrected chi connectivity index (χ4v) is 3.32. The molecule has 1 heterocycles. The van der Waals surface area contributed by atoms with Gasteiger partial charge in [-0.3, -0.25) is 0 Å². The number of rotatable bonds is 3. The van der Waals surface area contributed by atoms with Crippen LogP contribution in [-0.4, -0.2) is 12.0 Å². The number of nitrogens with zero attached hydrogens (tertiary/aromatic N) is 1. The largest absolute Gasteiger partial charge is 0.372 e. The van der Waals surface area contributed by atoms with Crippen LogP contribution in [0.4, 0.5) is 11.6 Å². The Balaban J connectivity index is 1.91. The van der Waals surface area contributed by atoms with E-state index in [9.17, 15) is 0 Å². The summed E-state index contributed by atoms with van der Waals surface area (Å²) in [4.78, 5) is 4.47. The molecule has 0 bridgehead atoms. The summed E-state index contributed by atoms with van der Waals surface area (Å²) in [7, 11) is 1.79. The number of hydrogen-bond donors (Lipinski definition) is 2. The third kappa shape index (κ3) is 2.94. The molecule has 1 aliphatic carbocycles. The molecule has 1 aromatic carbocycles. The lowest BCUT2D eigenvalue weighted by molar-refractivity contribution is 0.599. The highest BCUT2D eigenvalue weighted by atomic mass is 35.5. The van der Waals surface area contributed by atoms with Gasteiger partial charge in [0.25, 0.3) is 0 Å². The summed E-state index contributed by atoms with van der Waals surface area (Å²) < 4.78 is 0. The van der Waals surface area contributed by atoms with Crippen molar-refractivity contribution < 1.29 is 0 Å². The van der Waals surface area contributed by atoms with Crippen LogP contribution < -0.4 is 10.6 Å². The van der Waals surface area contributed by atoms with Crippen molar-refractivity contribution in [1.29, 1.82) is 0 Å². The molecule has 5 heteroatoms. The number of halogens is 2. The van der Waals surface area contributed by atoms with Gasteiger partial charge in [-0.15, -0.1) is 0 Å². The number of hydrogen-bond acceptors (Lipinski definition) is 3. The molecule has 3 nitrogen and oxygen atoms in total. The Morgan fingerprint density at radius 1 is 1.14 bits per heavy atom. The van der Waals surface area contributed by atoms with E-state index in [0.29, 0.717) is 21.7 Å². The van der Waals surface area contributed by atoms with E-state index < -0.39 is 0 Å². The zero-order valence-electron chi connectivity index (χ0n) is 11.8. The van der Waals surface area contributed by atoms with Gasteiger partial charge in [0, 0.05) is 7.05 Å². The van der Waals surface area contributed by atoms with E-state index in [1.54, 1.807) is 13.1 Å². The number of aromatic nitrogens is 1. The van der Waals surface area contributed by atoms with Crippen molar-refractivity contribution in [2.45, 2.75) is 25.3 Å². The number of benzene rings is 1. The molecule has 21 heavy (non-hydrogen) atoms. The number of nitrogens with one attached hydrogen (secondary N) is 2. The van der Waals surface area contributed by atoms with Crippen LogP contribution in [0.25, 0.3) is 0 Å². The standard InChI is InChI=1S/C16H17Cl2N3/c1-19-15-12(17)9-13(18)16(21-15)20-14-8-4-6-10-5-2-3-7-11(10)14/h2-3,5,7,9,14H,4,6,8H2,1H3,(H2,19,20,21). The van der Waals surface area contributed by atoms with Crippen LogP contribution >= 0.6 is 23.2 Å². The predicted octanol–water partition coefficient (Wildman–Crippen LogP) is 4.92. The second-order valence-corrected chi connectivity index (χ2v) is 6.00. The van der Waals surface area contributed by atoms with Gasteiger partial charge >= 0.3 is 0 Å². The molecule has 0 aliphatic heterocycles. The van der Waals surface area contributed by atoms with E-state index in [2.05, 4.69) is 39.9 Å². The minimum atomic E-state index is 0.242. The van der Waals surface area contributed by atoms with Gasteiger partial charge in [-0.25, -0.2) is 4.98 Å². The minimum absolute atomic E-state index is 0.242. The van der Waals surface area contributed by atoms with Gasteiger partial charge in [0.2, 0.25) is 0 Å². The van der Waals surface area contributed by atoms with Crippen molar-refractivity contribution in [2.24, 2.45) is 0 Å². The average molecular weight is 322 g/mol. The van der Waals surface area contributed by atoms with Gasteiger partial charge in [0.05, 0.1) is 16.1 Å². The first kappa shape index (κ1) is 14.5. The van der Waals surface area contributed by atoms with E-state index in [-0.39, 0.29) is 6.04 Å². The molecule has 1 atom stereocenters. The number of anilines is 2. The Bertz CT molecular complexity index is 658. The molecule has 0 amide bonds. The Hall–Kier alpha value is -1.45. The molecule has 0 saturated carbocycles. The molecule has 3 rings (SSSR count). The van der Waals surface area contributed by atoms with Crippen LogP contribution in [0.1, 0.15) is 30.0 Å². The molecule has 2 aromatic rings. The Morgan fingerprint density at radius 3 is 2.71 bits per heavy atom. The summed E-state index contributed by atoms with van der Waals surface area (Å²) in [5.41, 5.74) is 2.74. The predicted molar refractivity (Wildman–Crippen MR) is 89.5 cm³/mol. The normalized spacial score (nSPS) is 17.2. The Labute approximate surface area is 134 Å². The summed E-state index contributed by atoms with van der Waals surface area (Å²) in [5.74, 6) is 1.31. The lowest BCUT2D eigenvalue weighted by Gasteiger charge is -2.27. The van der Waals surface area contributed by atoms with Crippen molar-refractivity contribution in [3.05, 3.63) is 51.5 Å². The van der Waals surface area contributed by atoms with E-state index >= 15 is 0 Å². The molecule has 2 N–H and O–H groups in total. The van der Waals surface area contributed by atoms with Crippen LogP contribution in [0, 0.1) is 0 Å². The fourth-order valence-electron chi connectivity index (χ4n) is 2.81. The summed E-state index contributed by atoms with van der Waals surface area (Å²) in [6, 6.07) is 10.5. The Kier molecular flexibility index (Phi) is 4.22. The smallest absolute Gasteiger partial charge is 0.147 e. The summed E-state index contributed by atoms with van der Waals surface area (Å²) in [5, 5.41) is 7.51. The summed E-state index contributed by atoms with van der Waals surface area (Å²) >= 11 is 12.4. The molecular weight excluding hydrogens is 305 g/mol. The van der Waals surface area contributed by atoms with Crippen LogP contribution in [0.2, 0.25) is 10.0 Å². The minimum Gasteiger partial charge on any atom is -0.372 e. The summed E-state index contributed by atoms with van der Waals surface area (Å²) in [6.07, 6.45) is 3.38. The van der Waals surface area contributed by atoms with Crippen molar-refractivity contribution in [2.75, 3.05) is 17.7 Å². The first-order valence-electron chi connectivity index (χ1n) is 7.07. The van der Waals surface area contributed by atoms with Crippen molar-refractivity contribution in [3.63, 3.8) is 0 Å². The van der Waals surface area contributed by atoms with Gasteiger partial charge in [0.15, 0.2) is 0 Å². The molecule has 0 spiro atoms. The van der Waals surface area contributed by atoms with E-state index in [4.69, 9.17) is 23.2 Å². The molecule has 0 radical (unpaired) electrons. The van der Waals surface area contributed by atoms with Crippen LogP contribution in [0.15, 0.2) is 30.3 Å². The third-order valence-electron chi connectivity index (χ3n) is 3.85. The van der Waals surface area contributed by atoms with E-state index in [1.807, 2.05) is 0 Å². The average Bonchev–Trinajstić information content (AvgIpc) is 2.50. The molecule has 1 aliphatic rings. The van der Waals surface area contributed by atoms with Crippen LogP contribution in [-0.2, 0) is 6.42 Å². The number of pyridine rings is 1. The molecule has 0 saturated heterocycles. The topological polar surface area (TPSA) is 37.0 Å². The maximum absolute atomic E-state index is 6.27. The van der Waals surface area contributed by atoms with Crippen molar-refractivity contribution in [1.82, 2.24) is 4.98 Å². The van der Waals surface area contributed by atoms with E-state index in [0.717, 1.165) is 12.8 Å². The maximum Gasteiger partial charge on any atom is 0.147 e. The number of aryl methyl sites for hydroxylation is 1. The molecule has 110 valence electrons. The lowest BCUT2D eigenvalue weighted by Crippen LogP contribution is -2.18.